The quantitative estimate of drug-likeness (QED) is 0.845. The molecule has 0 aliphatic carbocycles. The second kappa shape index (κ2) is 4.95. The van der Waals surface area contributed by atoms with Gasteiger partial charge in [-0.2, -0.15) is 4.37 Å². The first-order chi connectivity index (χ1) is 8.79. The van der Waals surface area contributed by atoms with Gasteiger partial charge in [0.2, 0.25) is 5.13 Å². The monoisotopic (exact) mass is 318 g/mol. The summed E-state index contributed by atoms with van der Waals surface area (Å²) in [5.74, 6) is 0.504. The second-order valence-corrected chi connectivity index (χ2v) is 6.71. The highest BCUT2D eigenvalue weighted by atomic mass is 35.5. The molecule has 0 aliphatic rings. The summed E-state index contributed by atoms with van der Waals surface area (Å²) in [6, 6.07) is 2.71. The van der Waals surface area contributed by atoms with Crippen LogP contribution in [0, 0.1) is 13.8 Å². The molecule has 19 heavy (non-hydrogen) atoms. The highest BCUT2D eigenvalue weighted by Crippen LogP contribution is 2.27. The molecule has 0 radical (unpaired) electrons. The Morgan fingerprint density at radius 2 is 2.05 bits per heavy atom. The van der Waals surface area contributed by atoms with E-state index in [1.165, 1.54) is 12.1 Å². The fourth-order valence-corrected chi connectivity index (χ4v) is 3.49. The van der Waals surface area contributed by atoms with Crippen LogP contribution in [-0.2, 0) is 10.0 Å². The number of rotatable bonds is 3. The number of sulfonamides is 1. The van der Waals surface area contributed by atoms with E-state index < -0.39 is 10.0 Å². The molecule has 1 aromatic heterocycles. The van der Waals surface area contributed by atoms with Gasteiger partial charge < -0.3 is 5.73 Å². The standard InChI is InChI=1S/C10H11ClN4O2S2/c1-5-8(11)3-7(4-9(5)12)19(16,17)15-10-13-6(2)14-18-10/h3-4H,12H2,1-2H3,(H,13,14,15). The van der Waals surface area contributed by atoms with E-state index in [1.807, 2.05) is 0 Å². The van der Waals surface area contributed by atoms with Gasteiger partial charge >= 0.3 is 0 Å². The minimum absolute atomic E-state index is 0.00606. The molecule has 0 saturated carbocycles. The van der Waals surface area contributed by atoms with Crippen molar-refractivity contribution in [3.63, 3.8) is 0 Å². The zero-order valence-electron chi connectivity index (χ0n) is 10.1. The maximum atomic E-state index is 12.1. The van der Waals surface area contributed by atoms with Crippen LogP contribution in [0.5, 0.6) is 0 Å². The van der Waals surface area contributed by atoms with Crippen molar-refractivity contribution in [2.75, 3.05) is 10.5 Å². The third-order valence-electron chi connectivity index (χ3n) is 2.42. The van der Waals surface area contributed by atoms with Gasteiger partial charge in [0, 0.05) is 22.2 Å². The number of aryl methyl sites for hydroxylation is 1. The summed E-state index contributed by atoms with van der Waals surface area (Å²) in [7, 11) is -3.77. The maximum absolute atomic E-state index is 12.1. The fourth-order valence-electron chi connectivity index (χ4n) is 1.34. The second-order valence-electron chi connectivity index (χ2n) is 3.87. The summed E-state index contributed by atoms with van der Waals surface area (Å²) in [6.07, 6.45) is 0. The van der Waals surface area contributed by atoms with E-state index >= 15 is 0 Å². The number of nitrogens with two attached hydrogens (primary N) is 1. The highest BCUT2D eigenvalue weighted by Gasteiger charge is 2.18. The molecule has 0 saturated heterocycles. The van der Waals surface area contributed by atoms with Crippen LogP contribution in [0.1, 0.15) is 11.4 Å². The summed E-state index contributed by atoms with van der Waals surface area (Å²) < 4.78 is 30.5. The van der Waals surface area contributed by atoms with Gasteiger partial charge in [-0.3, -0.25) is 4.72 Å². The number of nitrogen functional groups attached to an aromatic ring is 1. The van der Waals surface area contributed by atoms with Crippen LogP contribution in [0.2, 0.25) is 5.02 Å². The number of hydrogen-bond donors (Lipinski definition) is 2. The molecule has 3 N–H and O–H groups in total. The normalized spacial score (nSPS) is 11.5. The molecule has 0 atom stereocenters. The Balaban J connectivity index is 2.40. The van der Waals surface area contributed by atoms with Gasteiger partial charge in [-0.1, -0.05) is 11.6 Å². The van der Waals surface area contributed by atoms with E-state index in [2.05, 4.69) is 14.1 Å². The van der Waals surface area contributed by atoms with Crippen molar-refractivity contribution in [1.82, 2.24) is 9.36 Å². The molecular weight excluding hydrogens is 308 g/mol. The van der Waals surface area contributed by atoms with Crippen LogP contribution in [-0.4, -0.2) is 17.8 Å². The van der Waals surface area contributed by atoms with Gasteiger partial charge in [0.05, 0.1) is 4.90 Å². The lowest BCUT2D eigenvalue weighted by Gasteiger charge is -2.08. The molecule has 0 bridgehead atoms. The van der Waals surface area contributed by atoms with Crippen molar-refractivity contribution in [3.8, 4) is 0 Å². The highest BCUT2D eigenvalue weighted by molar-refractivity contribution is 7.93. The zero-order valence-corrected chi connectivity index (χ0v) is 12.5. The van der Waals surface area contributed by atoms with Gasteiger partial charge in [0.1, 0.15) is 5.82 Å². The smallest absolute Gasteiger partial charge is 0.263 e. The van der Waals surface area contributed by atoms with E-state index in [4.69, 9.17) is 17.3 Å². The van der Waals surface area contributed by atoms with Crippen LogP contribution in [0.4, 0.5) is 10.8 Å². The zero-order chi connectivity index (χ0) is 14.2. The van der Waals surface area contributed by atoms with Crippen LogP contribution in [0.25, 0.3) is 0 Å². The minimum Gasteiger partial charge on any atom is -0.398 e. The van der Waals surface area contributed by atoms with Crippen LogP contribution in [0.3, 0.4) is 0 Å². The lowest BCUT2D eigenvalue weighted by atomic mass is 10.2. The molecule has 0 unspecified atom stereocenters. The van der Waals surface area contributed by atoms with Crippen molar-refractivity contribution in [1.29, 1.82) is 0 Å². The minimum atomic E-state index is -3.77. The molecular formula is C10H11ClN4O2S2. The first-order valence-electron chi connectivity index (χ1n) is 5.18. The van der Waals surface area contributed by atoms with E-state index in [9.17, 15) is 8.42 Å². The first-order valence-corrected chi connectivity index (χ1v) is 7.82. The number of nitrogens with one attached hydrogen (secondary N) is 1. The van der Waals surface area contributed by atoms with E-state index in [-0.39, 0.29) is 10.0 Å². The first kappa shape index (κ1) is 14.0. The number of aromatic nitrogens is 2. The molecule has 2 rings (SSSR count). The molecule has 102 valence electrons. The van der Waals surface area contributed by atoms with Crippen LogP contribution < -0.4 is 10.5 Å². The number of halogens is 1. The van der Waals surface area contributed by atoms with E-state index in [0.29, 0.717) is 22.1 Å². The number of nitrogens with zero attached hydrogens (tertiary/aromatic N) is 2. The van der Waals surface area contributed by atoms with Crippen LogP contribution in [0.15, 0.2) is 17.0 Å². The Bertz CT molecular complexity index is 704. The molecule has 0 spiro atoms. The SMILES string of the molecule is Cc1nsc(NS(=O)(=O)c2cc(N)c(C)c(Cl)c2)n1. The van der Waals surface area contributed by atoms with Gasteiger partial charge in [-0.15, -0.1) is 0 Å². The average molecular weight is 319 g/mol. The molecule has 0 amide bonds. The Kier molecular flexibility index (Phi) is 3.66. The van der Waals surface area contributed by atoms with Crippen LogP contribution >= 0.6 is 23.1 Å². The number of benzene rings is 1. The molecule has 1 aromatic carbocycles. The summed E-state index contributed by atoms with van der Waals surface area (Å²) in [6.45, 7) is 3.39. The molecule has 0 fully saturated rings. The summed E-state index contributed by atoms with van der Waals surface area (Å²) in [4.78, 5) is 3.93. The third kappa shape index (κ3) is 2.96. The number of anilines is 2. The number of hydrogen-bond acceptors (Lipinski definition) is 6. The van der Waals surface area contributed by atoms with Crippen molar-refractivity contribution < 1.29 is 8.42 Å². The Morgan fingerprint density at radius 1 is 1.37 bits per heavy atom. The Labute approximate surface area is 119 Å². The average Bonchev–Trinajstić information content (AvgIpc) is 2.70. The van der Waals surface area contributed by atoms with Gasteiger partial charge in [0.15, 0.2) is 0 Å². The molecule has 2 aromatic rings. The van der Waals surface area contributed by atoms with Gasteiger partial charge in [-0.25, -0.2) is 13.4 Å². The van der Waals surface area contributed by atoms with Crippen molar-refractivity contribution in [2.24, 2.45) is 0 Å². The van der Waals surface area contributed by atoms with Crippen molar-refractivity contribution in [3.05, 3.63) is 28.5 Å². The Morgan fingerprint density at radius 3 is 2.58 bits per heavy atom. The summed E-state index contributed by atoms with van der Waals surface area (Å²) >= 11 is 6.90. The predicted octanol–water partition coefficient (Wildman–Crippen LogP) is 2.19. The molecule has 0 aliphatic heterocycles. The molecule has 6 nitrogen and oxygen atoms in total. The summed E-state index contributed by atoms with van der Waals surface area (Å²) in [5, 5.41) is 0.501. The van der Waals surface area contributed by atoms with Crippen molar-refractivity contribution in [2.45, 2.75) is 18.7 Å². The topological polar surface area (TPSA) is 98.0 Å². The van der Waals surface area contributed by atoms with Gasteiger partial charge in [0.25, 0.3) is 10.0 Å². The maximum Gasteiger partial charge on any atom is 0.263 e. The molecule has 9 heteroatoms. The fraction of sp³-hybridized carbons (Fsp3) is 0.200. The predicted molar refractivity (Wildman–Crippen MR) is 76.1 cm³/mol. The third-order valence-corrected chi connectivity index (χ3v) is 4.98. The molecule has 1 heterocycles. The van der Waals surface area contributed by atoms with Gasteiger partial charge in [-0.05, 0) is 31.5 Å². The Hall–Kier alpha value is -1.38. The lowest BCUT2D eigenvalue weighted by Crippen LogP contribution is -2.13. The largest absolute Gasteiger partial charge is 0.398 e. The van der Waals surface area contributed by atoms with E-state index in [1.54, 1.807) is 13.8 Å². The summed E-state index contributed by atoms with van der Waals surface area (Å²) in [5.41, 5.74) is 6.68. The van der Waals surface area contributed by atoms with Crippen molar-refractivity contribution >= 4 is 44.0 Å². The van der Waals surface area contributed by atoms with E-state index in [0.717, 1.165) is 11.5 Å². The lowest BCUT2D eigenvalue weighted by molar-refractivity contribution is 0.601.